The molecule has 2 heteroatoms. The molecule has 0 amide bonds. The van der Waals surface area contributed by atoms with E-state index in [2.05, 4.69) is 65.7 Å². The van der Waals surface area contributed by atoms with E-state index in [0.29, 0.717) is 0 Å². The summed E-state index contributed by atoms with van der Waals surface area (Å²) in [6.07, 6.45) is 2.26. The van der Waals surface area contributed by atoms with Gasteiger partial charge in [-0.05, 0) is 42.6 Å². The van der Waals surface area contributed by atoms with Crippen LogP contribution in [-0.2, 0) is 12.8 Å². The van der Waals surface area contributed by atoms with Gasteiger partial charge in [0.1, 0.15) is 0 Å². The number of nitrogens with one attached hydrogen (secondary N) is 1. The molecule has 1 N–H and O–H groups in total. The summed E-state index contributed by atoms with van der Waals surface area (Å²) >= 11 is 0. The van der Waals surface area contributed by atoms with Gasteiger partial charge in [0.25, 0.3) is 0 Å². The van der Waals surface area contributed by atoms with E-state index in [9.17, 15) is 0 Å². The number of hydrogen-bond acceptors (Lipinski definition) is 2. The van der Waals surface area contributed by atoms with Crippen molar-refractivity contribution in [1.29, 1.82) is 0 Å². The number of anilines is 2. The van der Waals surface area contributed by atoms with Gasteiger partial charge in [-0.15, -0.1) is 0 Å². The maximum atomic E-state index is 3.44. The van der Waals surface area contributed by atoms with Crippen LogP contribution in [0.25, 0.3) is 0 Å². The van der Waals surface area contributed by atoms with Gasteiger partial charge in [-0.2, -0.15) is 0 Å². The number of nitrogens with zero attached hydrogens (tertiary/aromatic N) is 1. The highest BCUT2D eigenvalue weighted by Crippen LogP contribution is 2.35. The minimum atomic E-state index is 1.01. The first-order chi connectivity index (χ1) is 9.90. The van der Waals surface area contributed by atoms with Gasteiger partial charge < -0.3 is 10.2 Å². The molecule has 20 heavy (non-hydrogen) atoms. The molecule has 2 aromatic rings. The Hall–Kier alpha value is -1.80. The number of para-hydroxylation sites is 2. The van der Waals surface area contributed by atoms with Crippen LogP contribution in [0.15, 0.2) is 48.5 Å². The monoisotopic (exact) mass is 266 g/mol. The molecule has 3 rings (SSSR count). The van der Waals surface area contributed by atoms with Gasteiger partial charge in [-0.1, -0.05) is 43.3 Å². The molecule has 0 unspecified atom stereocenters. The number of fused-ring (bicyclic) bond motifs is 2. The Balaban J connectivity index is 2.00. The Morgan fingerprint density at radius 1 is 0.900 bits per heavy atom. The topological polar surface area (TPSA) is 15.3 Å². The predicted octanol–water partition coefficient (Wildman–Crippen LogP) is 3.53. The number of rotatable bonds is 4. The highest BCUT2D eigenvalue weighted by atomic mass is 15.2. The van der Waals surface area contributed by atoms with Crippen LogP contribution in [0.1, 0.15) is 18.1 Å². The summed E-state index contributed by atoms with van der Waals surface area (Å²) in [6.45, 7) is 5.21. The molecule has 1 aliphatic rings. The Morgan fingerprint density at radius 2 is 1.45 bits per heavy atom. The second kappa shape index (κ2) is 6.10. The Bertz CT molecular complexity index is 530. The zero-order chi connectivity index (χ0) is 13.8. The molecule has 0 atom stereocenters. The van der Waals surface area contributed by atoms with E-state index >= 15 is 0 Å². The molecule has 0 bridgehead atoms. The fourth-order valence-corrected chi connectivity index (χ4v) is 2.98. The Kier molecular flexibility index (Phi) is 4.03. The Morgan fingerprint density at radius 3 is 2.00 bits per heavy atom. The molecular weight excluding hydrogens is 244 g/mol. The molecular formula is C18H22N2. The number of aryl methyl sites for hydroxylation is 2. The Labute approximate surface area is 121 Å². The molecule has 0 saturated carbocycles. The third-order valence-corrected chi connectivity index (χ3v) is 3.99. The second-order valence-electron chi connectivity index (χ2n) is 5.26. The molecule has 1 heterocycles. The summed E-state index contributed by atoms with van der Waals surface area (Å²) in [5, 5.41) is 3.44. The summed E-state index contributed by atoms with van der Waals surface area (Å²) in [6, 6.07) is 17.6. The minimum absolute atomic E-state index is 1.01. The van der Waals surface area contributed by atoms with Crippen molar-refractivity contribution in [1.82, 2.24) is 5.32 Å². The normalized spacial score (nSPS) is 13.6. The van der Waals surface area contributed by atoms with E-state index in [1.807, 2.05) is 0 Å². The van der Waals surface area contributed by atoms with E-state index in [1.165, 1.54) is 22.5 Å². The van der Waals surface area contributed by atoms with Crippen molar-refractivity contribution < 1.29 is 0 Å². The molecule has 1 aliphatic heterocycles. The average Bonchev–Trinajstić information content (AvgIpc) is 2.66. The second-order valence-corrected chi connectivity index (χ2v) is 5.26. The fraction of sp³-hybridized carbons (Fsp3) is 0.333. The van der Waals surface area contributed by atoms with Crippen LogP contribution >= 0.6 is 0 Å². The summed E-state index contributed by atoms with van der Waals surface area (Å²) < 4.78 is 0. The van der Waals surface area contributed by atoms with Crippen LogP contribution in [0, 0.1) is 0 Å². The van der Waals surface area contributed by atoms with Gasteiger partial charge in [0.05, 0.1) is 0 Å². The number of hydrogen-bond donors (Lipinski definition) is 1. The molecule has 0 saturated heterocycles. The van der Waals surface area contributed by atoms with Crippen LogP contribution in [0.2, 0.25) is 0 Å². The summed E-state index contributed by atoms with van der Waals surface area (Å²) in [7, 11) is 0. The van der Waals surface area contributed by atoms with E-state index in [0.717, 1.165) is 32.5 Å². The lowest BCUT2D eigenvalue weighted by molar-refractivity contribution is 0.715. The van der Waals surface area contributed by atoms with Gasteiger partial charge in [0, 0.05) is 24.5 Å². The molecule has 0 aromatic heterocycles. The van der Waals surface area contributed by atoms with Gasteiger partial charge in [0.15, 0.2) is 0 Å². The van der Waals surface area contributed by atoms with E-state index in [1.54, 1.807) is 0 Å². The van der Waals surface area contributed by atoms with Crippen LogP contribution in [0.4, 0.5) is 11.4 Å². The van der Waals surface area contributed by atoms with E-state index in [4.69, 9.17) is 0 Å². The molecule has 0 radical (unpaired) electrons. The van der Waals surface area contributed by atoms with Crippen LogP contribution < -0.4 is 10.2 Å². The van der Waals surface area contributed by atoms with Crippen LogP contribution in [-0.4, -0.2) is 19.6 Å². The minimum Gasteiger partial charge on any atom is -0.340 e. The lowest BCUT2D eigenvalue weighted by atomic mass is 10.0. The highest BCUT2D eigenvalue weighted by Gasteiger charge is 2.19. The SMILES string of the molecule is CCNCCN1c2ccccc2CCc2ccccc21. The highest BCUT2D eigenvalue weighted by molar-refractivity contribution is 5.71. The standard InChI is InChI=1S/C18H22N2/c1-2-19-13-14-20-17-9-5-3-7-15(17)11-12-16-8-4-6-10-18(16)20/h3-10,19H,2,11-14H2,1H3. The maximum Gasteiger partial charge on any atom is 0.0443 e. The first-order valence-corrected chi connectivity index (χ1v) is 7.54. The summed E-state index contributed by atoms with van der Waals surface area (Å²) in [5.74, 6) is 0. The summed E-state index contributed by atoms with van der Waals surface area (Å²) in [5.41, 5.74) is 5.66. The van der Waals surface area contributed by atoms with Crippen LogP contribution in [0.5, 0.6) is 0 Å². The molecule has 104 valence electrons. The van der Waals surface area contributed by atoms with Gasteiger partial charge >= 0.3 is 0 Å². The molecule has 2 aromatic carbocycles. The molecule has 2 nitrogen and oxygen atoms in total. The zero-order valence-corrected chi connectivity index (χ0v) is 12.1. The molecule has 0 spiro atoms. The smallest absolute Gasteiger partial charge is 0.0443 e. The first-order valence-electron chi connectivity index (χ1n) is 7.54. The van der Waals surface area contributed by atoms with Crippen molar-refractivity contribution in [3.8, 4) is 0 Å². The van der Waals surface area contributed by atoms with Gasteiger partial charge in [-0.3, -0.25) is 0 Å². The van der Waals surface area contributed by atoms with Crippen LogP contribution in [0.3, 0.4) is 0 Å². The third kappa shape index (κ3) is 2.56. The van der Waals surface area contributed by atoms with Crippen molar-refractivity contribution in [2.24, 2.45) is 0 Å². The lowest BCUT2D eigenvalue weighted by Crippen LogP contribution is -2.29. The van der Waals surface area contributed by atoms with Crippen molar-refractivity contribution >= 4 is 11.4 Å². The van der Waals surface area contributed by atoms with E-state index < -0.39 is 0 Å². The van der Waals surface area contributed by atoms with Gasteiger partial charge in [0.2, 0.25) is 0 Å². The van der Waals surface area contributed by atoms with Crippen molar-refractivity contribution in [2.75, 3.05) is 24.5 Å². The third-order valence-electron chi connectivity index (χ3n) is 3.99. The fourth-order valence-electron chi connectivity index (χ4n) is 2.98. The molecule has 0 fully saturated rings. The first kappa shape index (κ1) is 13.2. The van der Waals surface area contributed by atoms with E-state index in [-0.39, 0.29) is 0 Å². The average molecular weight is 266 g/mol. The van der Waals surface area contributed by atoms with Crippen molar-refractivity contribution in [3.05, 3.63) is 59.7 Å². The maximum absolute atomic E-state index is 3.44. The van der Waals surface area contributed by atoms with Crippen molar-refractivity contribution in [3.63, 3.8) is 0 Å². The number of benzene rings is 2. The van der Waals surface area contributed by atoms with Gasteiger partial charge in [-0.25, -0.2) is 0 Å². The number of likely N-dealkylation sites (N-methyl/N-ethyl adjacent to an activating group) is 1. The lowest BCUT2D eigenvalue weighted by Gasteiger charge is -2.27. The summed E-state index contributed by atoms with van der Waals surface area (Å²) in [4.78, 5) is 2.47. The van der Waals surface area contributed by atoms with Crippen molar-refractivity contribution in [2.45, 2.75) is 19.8 Å². The zero-order valence-electron chi connectivity index (χ0n) is 12.1. The largest absolute Gasteiger partial charge is 0.340 e. The molecule has 0 aliphatic carbocycles. The predicted molar refractivity (Wildman–Crippen MR) is 85.8 cm³/mol. The quantitative estimate of drug-likeness (QED) is 0.852.